The maximum absolute atomic E-state index is 5.16. The Morgan fingerprint density at radius 3 is 1.84 bits per heavy atom. The van der Waals surface area contributed by atoms with Crippen molar-refractivity contribution in [1.29, 1.82) is 0 Å². The van der Waals surface area contributed by atoms with E-state index in [2.05, 4.69) is 108 Å². The smallest absolute Gasteiger partial charge is 0.0959 e. The van der Waals surface area contributed by atoms with Crippen LogP contribution in [0, 0.1) is 48.5 Å². The molecular formula is C29H32N2. The van der Waals surface area contributed by atoms with Gasteiger partial charge >= 0.3 is 0 Å². The van der Waals surface area contributed by atoms with Crippen LogP contribution in [0.2, 0.25) is 0 Å². The molecule has 1 aromatic heterocycles. The number of aromatic nitrogens is 2. The number of hydrogen-bond acceptors (Lipinski definition) is 1. The van der Waals surface area contributed by atoms with Gasteiger partial charge in [-0.1, -0.05) is 48.0 Å². The molecule has 0 atom stereocenters. The van der Waals surface area contributed by atoms with Crippen molar-refractivity contribution in [3.05, 3.63) is 99.1 Å². The van der Waals surface area contributed by atoms with Crippen LogP contribution in [0.15, 0.2) is 54.6 Å². The van der Waals surface area contributed by atoms with Gasteiger partial charge in [0.05, 0.1) is 17.9 Å². The molecule has 31 heavy (non-hydrogen) atoms. The monoisotopic (exact) mass is 408 g/mol. The van der Waals surface area contributed by atoms with E-state index < -0.39 is 0 Å². The van der Waals surface area contributed by atoms with E-state index in [1.165, 1.54) is 61.3 Å². The van der Waals surface area contributed by atoms with E-state index >= 15 is 0 Å². The number of aryl methyl sites for hydroxylation is 6. The van der Waals surface area contributed by atoms with E-state index in [0.717, 1.165) is 12.2 Å². The average molecular weight is 409 g/mol. The highest BCUT2D eigenvalue weighted by Gasteiger charge is 2.19. The number of nitrogens with zero attached hydrogens (tertiary/aromatic N) is 2. The largest absolute Gasteiger partial charge is 0.260 e. The lowest BCUT2D eigenvalue weighted by Crippen LogP contribution is -2.06. The fourth-order valence-electron chi connectivity index (χ4n) is 4.22. The van der Waals surface area contributed by atoms with Gasteiger partial charge in [-0.3, -0.25) is 4.68 Å². The first kappa shape index (κ1) is 21.1. The summed E-state index contributed by atoms with van der Waals surface area (Å²) in [5.74, 6) is 0. The highest BCUT2D eigenvalue weighted by atomic mass is 15.3. The van der Waals surface area contributed by atoms with Crippen LogP contribution in [0.3, 0.4) is 0 Å². The fourth-order valence-corrected chi connectivity index (χ4v) is 4.22. The zero-order valence-corrected chi connectivity index (χ0v) is 19.8. The van der Waals surface area contributed by atoms with Crippen molar-refractivity contribution in [1.82, 2.24) is 9.78 Å². The molecule has 0 aliphatic rings. The van der Waals surface area contributed by atoms with Crippen molar-refractivity contribution in [3.63, 3.8) is 0 Å². The molecule has 3 aromatic carbocycles. The molecule has 4 rings (SSSR count). The highest BCUT2D eigenvalue weighted by molar-refractivity contribution is 5.75. The molecule has 2 nitrogen and oxygen atoms in total. The normalized spacial score (nSPS) is 11.2. The van der Waals surface area contributed by atoms with Crippen molar-refractivity contribution < 1.29 is 0 Å². The second kappa shape index (κ2) is 8.19. The van der Waals surface area contributed by atoms with Crippen LogP contribution in [0.1, 0.15) is 44.5 Å². The lowest BCUT2D eigenvalue weighted by atomic mass is 9.98. The zero-order chi connectivity index (χ0) is 22.3. The van der Waals surface area contributed by atoms with Crippen molar-refractivity contribution in [3.8, 4) is 22.5 Å². The van der Waals surface area contributed by atoms with Crippen LogP contribution in [-0.4, -0.2) is 9.78 Å². The quantitative estimate of drug-likeness (QED) is 0.343. The summed E-state index contributed by atoms with van der Waals surface area (Å²) in [4.78, 5) is 0. The Morgan fingerprint density at radius 1 is 0.613 bits per heavy atom. The third-order valence-corrected chi connectivity index (χ3v) is 6.57. The number of hydrogen-bond donors (Lipinski definition) is 0. The third kappa shape index (κ3) is 4.07. The molecule has 0 saturated carbocycles. The predicted molar refractivity (Wildman–Crippen MR) is 132 cm³/mol. The summed E-state index contributed by atoms with van der Waals surface area (Å²) >= 11 is 0. The maximum Gasteiger partial charge on any atom is 0.0959 e. The molecule has 0 saturated heterocycles. The minimum absolute atomic E-state index is 0.765. The van der Waals surface area contributed by atoms with Crippen LogP contribution in [0.25, 0.3) is 22.5 Å². The third-order valence-electron chi connectivity index (χ3n) is 6.57. The SMILES string of the molecule is Cc1ccc(C)c(Cn2nc(-c3ccc(C)c(C)c3)c(C)c2-c2ccc(C)c(C)c2)c1. The van der Waals surface area contributed by atoms with Crippen molar-refractivity contribution in [2.75, 3.05) is 0 Å². The van der Waals surface area contributed by atoms with Gasteiger partial charge in [-0.25, -0.2) is 0 Å². The van der Waals surface area contributed by atoms with Crippen LogP contribution in [-0.2, 0) is 6.54 Å². The minimum atomic E-state index is 0.765. The first-order chi connectivity index (χ1) is 14.7. The standard InChI is InChI=1S/C29H32N2/c1-18-8-9-21(4)27(14-18)17-31-29(26-13-11-20(3)23(6)16-26)24(7)28(30-31)25-12-10-19(2)22(5)15-25/h8-16H,17H2,1-7H3. The number of benzene rings is 3. The van der Waals surface area contributed by atoms with Crippen LogP contribution in [0.4, 0.5) is 0 Å². The van der Waals surface area contributed by atoms with E-state index in [0.29, 0.717) is 0 Å². The van der Waals surface area contributed by atoms with Crippen LogP contribution < -0.4 is 0 Å². The Bertz CT molecular complexity index is 1270. The molecule has 0 aliphatic carbocycles. The molecule has 0 aliphatic heterocycles. The molecule has 0 spiro atoms. The van der Waals surface area contributed by atoms with Crippen LogP contribution in [0.5, 0.6) is 0 Å². The fraction of sp³-hybridized carbons (Fsp3) is 0.276. The van der Waals surface area contributed by atoms with Crippen molar-refractivity contribution in [2.24, 2.45) is 0 Å². The summed E-state index contributed by atoms with van der Waals surface area (Å²) in [5.41, 5.74) is 15.1. The molecule has 158 valence electrons. The molecule has 0 fully saturated rings. The number of rotatable bonds is 4. The molecule has 0 amide bonds. The van der Waals surface area contributed by atoms with Gasteiger partial charge in [0.15, 0.2) is 0 Å². The van der Waals surface area contributed by atoms with Gasteiger partial charge in [0.1, 0.15) is 0 Å². The highest BCUT2D eigenvalue weighted by Crippen LogP contribution is 2.34. The van der Waals surface area contributed by atoms with Gasteiger partial charge in [0, 0.05) is 16.7 Å². The first-order valence-electron chi connectivity index (χ1n) is 11.0. The molecule has 0 radical (unpaired) electrons. The topological polar surface area (TPSA) is 17.8 Å². The molecular weight excluding hydrogens is 376 g/mol. The van der Waals surface area contributed by atoms with Crippen LogP contribution >= 0.6 is 0 Å². The first-order valence-corrected chi connectivity index (χ1v) is 11.0. The van der Waals surface area contributed by atoms with Gasteiger partial charge in [0.25, 0.3) is 0 Å². The average Bonchev–Trinajstić information content (AvgIpc) is 3.05. The van der Waals surface area contributed by atoms with Gasteiger partial charge in [-0.05, 0) is 94.0 Å². The molecule has 4 aromatic rings. The summed E-state index contributed by atoms with van der Waals surface area (Å²) in [7, 11) is 0. The molecule has 1 heterocycles. The van der Waals surface area contributed by atoms with Crippen molar-refractivity contribution in [2.45, 2.75) is 55.0 Å². The van der Waals surface area contributed by atoms with E-state index in [9.17, 15) is 0 Å². The summed E-state index contributed by atoms with van der Waals surface area (Å²) in [6, 6.07) is 20.1. The van der Waals surface area contributed by atoms with Gasteiger partial charge < -0.3 is 0 Å². The van der Waals surface area contributed by atoms with E-state index in [4.69, 9.17) is 5.10 Å². The zero-order valence-electron chi connectivity index (χ0n) is 19.8. The van der Waals surface area contributed by atoms with Gasteiger partial charge in [0.2, 0.25) is 0 Å². The van der Waals surface area contributed by atoms with E-state index in [-0.39, 0.29) is 0 Å². The lowest BCUT2D eigenvalue weighted by Gasteiger charge is -2.13. The molecule has 0 N–H and O–H groups in total. The van der Waals surface area contributed by atoms with Crippen molar-refractivity contribution >= 4 is 0 Å². The Balaban J connectivity index is 1.92. The Kier molecular flexibility index (Phi) is 5.58. The summed E-state index contributed by atoms with van der Waals surface area (Å²) < 4.78 is 2.20. The Morgan fingerprint density at radius 2 is 1.19 bits per heavy atom. The van der Waals surface area contributed by atoms with Gasteiger partial charge in [-0.2, -0.15) is 5.10 Å². The van der Waals surface area contributed by atoms with Gasteiger partial charge in [-0.15, -0.1) is 0 Å². The minimum Gasteiger partial charge on any atom is -0.260 e. The van der Waals surface area contributed by atoms with E-state index in [1.54, 1.807) is 0 Å². The van der Waals surface area contributed by atoms with E-state index in [1.807, 2.05) is 0 Å². The molecule has 2 heteroatoms. The molecule has 0 unspecified atom stereocenters. The Labute approximate surface area is 186 Å². The second-order valence-electron chi connectivity index (χ2n) is 9.01. The maximum atomic E-state index is 5.16. The summed E-state index contributed by atoms with van der Waals surface area (Å²) in [5, 5.41) is 5.16. The second-order valence-corrected chi connectivity index (χ2v) is 9.01. The Hall–Kier alpha value is -3.13. The molecule has 0 bridgehead atoms. The summed E-state index contributed by atoms with van der Waals surface area (Å²) in [6.45, 7) is 16.0. The summed E-state index contributed by atoms with van der Waals surface area (Å²) in [6.07, 6.45) is 0. The lowest BCUT2D eigenvalue weighted by molar-refractivity contribution is 0.693. The predicted octanol–water partition coefficient (Wildman–Crippen LogP) is 7.42.